The number of amides is 2. The molecule has 2 aliphatic rings. The third kappa shape index (κ3) is 7.84. The fraction of sp³-hybridized carbons (Fsp3) is 0.480. The van der Waals surface area contributed by atoms with Crippen molar-refractivity contribution in [1.29, 1.82) is 0 Å². The van der Waals surface area contributed by atoms with Gasteiger partial charge in [0.05, 0.1) is 16.8 Å². The van der Waals surface area contributed by atoms with Gasteiger partial charge in [-0.25, -0.2) is 14.3 Å². The second kappa shape index (κ2) is 12.6. The molecule has 18 heteroatoms. The summed E-state index contributed by atoms with van der Waals surface area (Å²) in [4.78, 5) is 49.0. The molecular formula is C25H23F9N4O5. The van der Waals surface area contributed by atoms with E-state index >= 15 is 0 Å². The first-order valence-electron chi connectivity index (χ1n) is 12.5. The highest BCUT2D eigenvalue weighted by Gasteiger charge is 2.60. The van der Waals surface area contributed by atoms with Crippen LogP contribution < -0.4 is 5.56 Å². The summed E-state index contributed by atoms with van der Waals surface area (Å²) in [5.41, 5.74) is -4.07. The molecule has 2 heterocycles. The number of aliphatic carboxylic acids is 1. The minimum atomic E-state index is -5.99. The molecule has 1 aromatic carbocycles. The Morgan fingerprint density at radius 1 is 0.977 bits per heavy atom. The zero-order chi connectivity index (χ0) is 32.3. The number of H-pyrrole nitrogens is 1. The summed E-state index contributed by atoms with van der Waals surface area (Å²) in [6, 6.07) is 3.77. The fourth-order valence-electron chi connectivity index (χ4n) is 4.61. The number of nitrogens with one attached hydrogen (secondary N) is 1. The van der Waals surface area contributed by atoms with Gasteiger partial charge >= 0.3 is 24.2 Å². The Kier molecular flexibility index (Phi) is 9.80. The maximum atomic E-state index is 14.5. The van der Waals surface area contributed by atoms with Crippen molar-refractivity contribution < 1.29 is 59.0 Å². The van der Waals surface area contributed by atoms with E-state index in [4.69, 9.17) is 9.90 Å². The second-order valence-electron chi connectivity index (χ2n) is 9.72. The Morgan fingerprint density at radius 2 is 1.58 bits per heavy atom. The highest BCUT2D eigenvalue weighted by molar-refractivity contribution is 5.97. The maximum Gasteiger partial charge on any atom is 0.490 e. The zero-order valence-corrected chi connectivity index (χ0v) is 21.9. The highest BCUT2D eigenvalue weighted by atomic mass is 19.4. The van der Waals surface area contributed by atoms with E-state index in [1.807, 2.05) is 0 Å². The number of carboxylic acids is 1. The van der Waals surface area contributed by atoms with Gasteiger partial charge in [-0.15, -0.1) is 0 Å². The molecule has 2 amide bonds. The summed E-state index contributed by atoms with van der Waals surface area (Å²) in [6.07, 6.45) is -7.55. The lowest BCUT2D eigenvalue weighted by atomic mass is 10.0. The number of rotatable bonds is 5. The molecule has 43 heavy (non-hydrogen) atoms. The molecule has 0 atom stereocenters. The summed E-state index contributed by atoms with van der Waals surface area (Å²) >= 11 is 0. The Hall–Kier alpha value is -4.12. The van der Waals surface area contributed by atoms with Crippen molar-refractivity contribution in [3.63, 3.8) is 0 Å². The Labute approximate surface area is 236 Å². The van der Waals surface area contributed by atoms with Crippen LogP contribution in [0.2, 0.25) is 0 Å². The average molecular weight is 630 g/mol. The van der Waals surface area contributed by atoms with E-state index in [-0.39, 0.29) is 48.3 Å². The van der Waals surface area contributed by atoms with Gasteiger partial charge in [0, 0.05) is 25.6 Å². The van der Waals surface area contributed by atoms with Crippen LogP contribution in [0.25, 0.3) is 0 Å². The van der Waals surface area contributed by atoms with Crippen LogP contribution in [0.4, 0.5) is 39.5 Å². The van der Waals surface area contributed by atoms with Gasteiger partial charge in [-0.3, -0.25) is 14.4 Å². The predicted molar refractivity (Wildman–Crippen MR) is 128 cm³/mol. The molecule has 1 aliphatic heterocycles. The summed E-state index contributed by atoms with van der Waals surface area (Å²) in [5, 5.41) is 12.2. The van der Waals surface area contributed by atoms with E-state index in [0.717, 1.165) is 37.8 Å². The summed E-state index contributed by atoms with van der Waals surface area (Å²) in [5.74, 6) is -10.0. The van der Waals surface area contributed by atoms with Crippen molar-refractivity contribution in [2.24, 2.45) is 0 Å². The van der Waals surface area contributed by atoms with Gasteiger partial charge in [-0.05, 0) is 36.6 Å². The van der Waals surface area contributed by atoms with E-state index < -0.39 is 47.1 Å². The van der Waals surface area contributed by atoms with Gasteiger partial charge < -0.3 is 14.9 Å². The highest BCUT2D eigenvalue weighted by Crippen LogP contribution is 2.42. The Bertz CT molecular complexity index is 1420. The van der Waals surface area contributed by atoms with E-state index in [9.17, 15) is 53.9 Å². The quantitative estimate of drug-likeness (QED) is 0.482. The average Bonchev–Trinajstić information content (AvgIpc) is 3.44. The minimum Gasteiger partial charge on any atom is -0.475 e. The molecule has 9 nitrogen and oxygen atoms in total. The number of hydrogen-bond acceptors (Lipinski definition) is 5. The Balaban J connectivity index is 0.000000646. The lowest BCUT2D eigenvalue weighted by Gasteiger charge is -2.37. The number of carbonyl (C=O) groups excluding carboxylic acids is 2. The maximum absolute atomic E-state index is 14.5. The molecule has 2 fully saturated rings. The van der Waals surface area contributed by atoms with Crippen molar-refractivity contribution in [3.05, 3.63) is 62.8 Å². The van der Waals surface area contributed by atoms with Gasteiger partial charge in [-0.2, -0.15) is 40.2 Å². The van der Waals surface area contributed by atoms with Crippen LogP contribution in [-0.4, -0.2) is 80.9 Å². The third-order valence-electron chi connectivity index (χ3n) is 6.75. The number of aromatic nitrogens is 2. The van der Waals surface area contributed by atoms with Gasteiger partial charge in [0.25, 0.3) is 11.5 Å². The van der Waals surface area contributed by atoms with Gasteiger partial charge in [-0.1, -0.05) is 18.9 Å². The molecule has 2 N–H and O–H groups in total. The number of alkyl halides is 8. The molecule has 0 radical (unpaired) electrons. The monoisotopic (exact) mass is 630 g/mol. The number of carbonyl (C=O) groups is 3. The molecule has 1 aliphatic carbocycles. The van der Waals surface area contributed by atoms with Crippen molar-refractivity contribution in [1.82, 2.24) is 20.0 Å². The summed E-state index contributed by atoms with van der Waals surface area (Å²) in [7, 11) is 0. The lowest BCUT2D eigenvalue weighted by Crippen LogP contribution is -2.55. The van der Waals surface area contributed by atoms with Crippen molar-refractivity contribution in [2.45, 2.75) is 56.4 Å². The van der Waals surface area contributed by atoms with Crippen LogP contribution in [0.15, 0.2) is 29.1 Å². The summed E-state index contributed by atoms with van der Waals surface area (Å²) < 4.78 is 112. The van der Waals surface area contributed by atoms with Crippen molar-refractivity contribution >= 4 is 17.8 Å². The van der Waals surface area contributed by atoms with Crippen LogP contribution in [0, 0.1) is 5.82 Å². The van der Waals surface area contributed by atoms with E-state index in [1.54, 1.807) is 10.00 Å². The van der Waals surface area contributed by atoms with Gasteiger partial charge in [0.2, 0.25) is 5.91 Å². The largest absolute Gasteiger partial charge is 0.490 e. The first kappa shape index (κ1) is 33.4. The fourth-order valence-corrected chi connectivity index (χ4v) is 4.61. The topological polar surface area (TPSA) is 124 Å². The molecule has 0 spiro atoms. The number of halogens is 9. The lowest BCUT2D eigenvalue weighted by molar-refractivity contribution is -0.289. The predicted octanol–water partition coefficient (Wildman–Crippen LogP) is 4.01. The summed E-state index contributed by atoms with van der Waals surface area (Å²) in [6.45, 7) is 0.326. The molecule has 1 saturated carbocycles. The SMILES string of the molecule is O=C(O)C(F)(F)F.O=C(c1cc(Cc2cc(C(F)(F)C(F)(F)F)c(=O)[nH]n2)ccc1F)N1CCN(C2CCCC2)C(=O)C1. The van der Waals surface area contributed by atoms with E-state index in [2.05, 4.69) is 5.10 Å². The number of aromatic amines is 1. The number of hydrogen-bond donors (Lipinski definition) is 2. The smallest absolute Gasteiger partial charge is 0.475 e. The second-order valence-corrected chi connectivity index (χ2v) is 9.72. The molecule has 1 saturated heterocycles. The van der Waals surface area contributed by atoms with Crippen LogP contribution in [0.5, 0.6) is 0 Å². The molecule has 0 unspecified atom stereocenters. The normalized spacial score (nSPS) is 16.6. The van der Waals surface area contributed by atoms with E-state index in [0.29, 0.717) is 12.6 Å². The van der Waals surface area contributed by atoms with E-state index in [1.165, 1.54) is 11.0 Å². The standard InChI is InChI=1S/C23H22F6N4O3.C2HF3O2/c24-18-6-5-13(9-14-11-17(20(35)31-30-14)22(25,26)23(27,28)29)10-16(18)21(36)32-7-8-33(19(34)12-32)15-3-1-2-4-15;3-2(4,5)1(6)7/h5-6,10-11,15H,1-4,7-9,12H2,(H,31,35);(H,6,7). The van der Waals surface area contributed by atoms with Crippen LogP contribution in [0.3, 0.4) is 0 Å². The van der Waals surface area contributed by atoms with Crippen LogP contribution in [0.1, 0.15) is 52.9 Å². The minimum absolute atomic E-state index is 0.147. The van der Waals surface area contributed by atoms with Crippen molar-refractivity contribution in [3.8, 4) is 0 Å². The number of piperazine rings is 1. The number of nitrogens with zero attached hydrogens (tertiary/aromatic N) is 3. The van der Waals surface area contributed by atoms with Gasteiger partial charge in [0.15, 0.2) is 0 Å². The molecule has 2 aromatic rings. The molecule has 236 valence electrons. The van der Waals surface area contributed by atoms with Crippen LogP contribution >= 0.6 is 0 Å². The Morgan fingerprint density at radius 3 is 2.12 bits per heavy atom. The first-order chi connectivity index (χ1) is 19.8. The third-order valence-corrected chi connectivity index (χ3v) is 6.75. The van der Waals surface area contributed by atoms with Crippen LogP contribution in [-0.2, 0) is 21.9 Å². The molecular weight excluding hydrogens is 607 g/mol. The molecule has 4 rings (SSSR count). The van der Waals surface area contributed by atoms with Gasteiger partial charge in [0.1, 0.15) is 12.4 Å². The molecule has 0 bridgehead atoms. The number of benzene rings is 1. The first-order valence-corrected chi connectivity index (χ1v) is 12.5. The number of carboxylic acid groups (broad SMARTS) is 1. The zero-order valence-electron chi connectivity index (χ0n) is 21.9. The molecule has 1 aromatic heterocycles. The van der Waals surface area contributed by atoms with Crippen molar-refractivity contribution in [2.75, 3.05) is 19.6 Å².